The number of nitrogens with zero attached hydrogens (tertiary/aromatic N) is 5. The number of amides is 1. The second-order valence-electron chi connectivity index (χ2n) is 9.37. The number of carbonyl (C=O) groups is 1. The van der Waals surface area contributed by atoms with Gasteiger partial charge in [-0.15, -0.1) is 0 Å². The lowest BCUT2D eigenvalue weighted by atomic mass is 9.79. The van der Waals surface area contributed by atoms with Crippen molar-refractivity contribution in [1.29, 1.82) is 0 Å². The van der Waals surface area contributed by atoms with Crippen molar-refractivity contribution < 1.29 is 9.18 Å². The van der Waals surface area contributed by atoms with Gasteiger partial charge >= 0.3 is 0 Å². The van der Waals surface area contributed by atoms with Gasteiger partial charge in [-0.2, -0.15) is 0 Å². The molecule has 0 unspecified atom stereocenters. The first-order valence-electron chi connectivity index (χ1n) is 11.9. The quantitative estimate of drug-likeness (QED) is 0.576. The van der Waals surface area contributed by atoms with Crippen LogP contribution in [0.25, 0.3) is 17.0 Å². The number of hydrogen-bond donors (Lipinski definition) is 2. The Kier molecular flexibility index (Phi) is 6.50. The first-order chi connectivity index (χ1) is 16.5. The molecule has 2 N–H and O–H groups in total. The summed E-state index contributed by atoms with van der Waals surface area (Å²) in [6.07, 6.45) is 11.1. The average Bonchev–Trinajstić information content (AvgIpc) is 3.25. The van der Waals surface area contributed by atoms with E-state index in [2.05, 4.69) is 37.4 Å². The number of halogens is 2. The van der Waals surface area contributed by atoms with Gasteiger partial charge in [-0.05, 0) is 25.8 Å². The standard InChI is InChI=1S/C24H29ClFN7O/c1-16-13-32(10-9-27-16)24(6-3-2-4-7-24)15-31-22(34)18-14-33(23-29-11-17(26)12-30-23)21-20(18)19(25)5-8-28-21/h5,8,11-12,14,16,27H,2-4,6-7,9-10,13,15H2,1H3,(H,31,34)/t16-/m1/s1. The van der Waals surface area contributed by atoms with E-state index in [1.807, 2.05) is 0 Å². The van der Waals surface area contributed by atoms with Crippen LogP contribution in [0.3, 0.4) is 0 Å². The lowest BCUT2D eigenvalue weighted by Crippen LogP contribution is -2.63. The summed E-state index contributed by atoms with van der Waals surface area (Å²) in [6, 6.07) is 2.09. The van der Waals surface area contributed by atoms with Crippen LogP contribution in [0, 0.1) is 5.82 Å². The largest absolute Gasteiger partial charge is 0.350 e. The molecule has 1 atom stereocenters. The Bertz CT molecular complexity index is 1180. The highest BCUT2D eigenvalue weighted by Crippen LogP contribution is 2.34. The molecule has 2 fully saturated rings. The van der Waals surface area contributed by atoms with E-state index in [1.165, 1.54) is 19.3 Å². The average molecular weight is 486 g/mol. The Balaban J connectivity index is 1.44. The van der Waals surface area contributed by atoms with Gasteiger partial charge in [0.25, 0.3) is 5.91 Å². The van der Waals surface area contributed by atoms with Gasteiger partial charge in [0.15, 0.2) is 5.82 Å². The molecule has 1 amide bonds. The van der Waals surface area contributed by atoms with E-state index in [0.29, 0.717) is 34.2 Å². The topological polar surface area (TPSA) is 88.0 Å². The normalized spacial score (nSPS) is 21.0. The summed E-state index contributed by atoms with van der Waals surface area (Å²) in [6.45, 7) is 5.71. The van der Waals surface area contributed by atoms with Crippen molar-refractivity contribution in [3.05, 3.63) is 47.3 Å². The number of nitrogens with one attached hydrogen (secondary N) is 2. The lowest BCUT2D eigenvalue weighted by molar-refractivity contribution is 0.0273. The summed E-state index contributed by atoms with van der Waals surface area (Å²) in [5.41, 5.74) is 0.818. The summed E-state index contributed by atoms with van der Waals surface area (Å²) in [5.74, 6) is -0.531. The lowest BCUT2D eigenvalue weighted by Gasteiger charge is -2.49. The molecule has 0 bridgehead atoms. The molecule has 8 nitrogen and oxygen atoms in total. The molecule has 34 heavy (non-hydrogen) atoms. The smallest absolute Gasteiger partial charge is 0.253 e. The van der Waals surface area contributed by atoms with E-state index in [-0.39, 0.29) is 17.4 Å². The van der Waals surface area contributed by atoms with Gasteiger partial charge in [-0.3, -0.25) is 14.3 Å². The zero-order valence-electron chi connectivity index (χ0n) is 19.2. The van der Waals surface area contributed by atoms with Crippen molar-refractivity contribution in [1.82, 2.24) is 35.1 Å². The first kappa shape index (κ1) is 23.1. The van der Waals surface area contributed by atoms with Crippen LogP contribution in [0.4, 0.5) is 4.39 Å². The van der Waals surface area contributed by atoms with E-state index < -0.39 is 5.82 Å². The third kappa shape index (κ3) is 4.39. The van der Waals surface area contributed by atoms with Gasteiger partial charge in [0, 0.05) is 50.2 Å². The highest BCUT2D eigenvalue weighted by atomic mass is 35.5. The summed E-state index contributed by atoms with van der Waals surface area (Å²) in [5, 5.41) is 7.68. The highest BCUT2D eigenvalue weighted by Gasteiger charge is 2.40. The van der Waals surface area contributed by atoms with Gasteiger partial charge in [0.05, 0.1) is 28.4 Å². The van der Waals surface area contributed by atoms with Gasteiger partial charge in [-0.25, -0.2) is 19.3 Å². The maximum absolute atomic E-state index is 13.5. The second kappa shape index (κ2) is 9.56. The molecule has 4 heterocycles. The van der Waals surface area contributed by atoms with E-state index in [0.717, 1.165) is 44.9 Å². The van der Waals surface area contributed by atoms with Crippen molar-refractivity contribution >= 4 is 28.5 Å². The molecule has 1 aliphatic heterocycles. The van der Waals surface area contributed by atoms with Crippen LogP contribution < -0.4 is 10.6 Å². The fraction of sp³-hybridized carbons (Fsp3) is 0.500. The zero-order chi connectivity index (χ0) is 23.7. The maximum atomic E-state index is 13.5. The Hall–Kier alpha value is -2.62. The number of pyridine rings is 1. The van der Waals surface area contributed by atoms with Crippen molar-refractivity contribution in [3.8, 4) is 5.95 Å². The molecular formula is C24H29ClFN7O. The monoisotopic (exact) mass is 485 g/mol. The Morgan fingerprint density at radius 3 is 2.76 bits per heavy atom. The van der Waals surface area contributed by atoms with Gasteiger partial charge in [0.2, 0.25) is 5.95 Å². The fourth-order valence-electron chi connectivity index (χ4n) is 5.39. The van der Waals surface area contributed by atoms with Gasteiger partial charge in [-0.1, -0.05) is 30.9 Å². The van der Waals surface area contributed by atoms with Crippen molar-refractivity contribution in [2.45, 2.75) is 50.6 Å². The molecule has 1 saturated heterocycles. The number of hydrogen-bond acceptors (Lipinski definition) is 6. The van der Waals surface area contributed by atoms with Crippen molar-refractivity contribution in [3.63, 3.8) is 0 Å². The third-order valence-corrected chi connectivity index (χ3v) is 7.42. The molecule has 3 aromatic rings. The summed E-state index contributed by atoms with van der Waals surface area (Å²) < 4.78 is 14.9. The summed E-state index contributed by atoms with van der Waals surface area (Å²) in [7, 11) is 0. The van der Waals surface area contributed by atoms with Crippen LogP contribution in [-0.2, 0) is 0 Å². The fourth-order valence-corrected chi connectivity index (χ4v) is 5.63. The number of fused-ring (bicyclic) bond motifs is 1. The number of rotatable bonds is 5. The van der Waals surface area contributed by atoms with E-state index in [1.54, 1.807) is 23.0 Å². The number of carbonyl (C=O) groups excluding carboxylic acids is 1. The number of aromatic nitrogens is 4. The Labute approximate surface area is 202 Å². The molecule has 10 heteroatoms. The Morgan fingerprint density at radius 2 is 2.03 bits per heavy atom. The minimum absolute atomic E-state index is 0.0370. The Morgan fingerprint density at radius 1 is 1.26 bits per heavy atom. The maximum Gasteiger partial charge on any atom is 0.253 e. The molecule has 1 saturated carbocycles. The first-order valence-corrected chi connectivity index (χ1v) is 12.2. The summed E-state index contributed by atoms with van der Waals surface area (Å²) >= 11 is 6.50. The molecule has 0 spiro atoms. The molecule has 5 rings (SSSR count). The van der Waals surface area contributed by atoms with Crippen LogP contribution in [0.5, 0.6) is 0 Å². The highest BCUT2D eigenvalue weighted by molar-refractivity contribution is 6.36. The van der Waals surface area contributed by atoms with Crippen LogP contribution >= 0.6 is 11.6 Å². The van der Waals surface area contributed by atoms with Gasteiger partial charge in [0.1, 0.15) is 5.65 Å². The van der Waals surface area contributed by atoms with Crippen molar-refractivity contribution in [2.75, 3.05) is 26.2 Å². The number of piperazine rings is 1. The minimum atomic E-state index is -0.538. The van der Waals surface area contributed by atoms with Crippen LogP contribution in [0.2, 0.25) is 5.02 Å². The molecule has 180 valence electrons. The van der Waals surface area contributed by atoms with Crippen molar-refractivity contribution in [2.24, 2.45) is 0 Å². The molecule has 2 aliphatic rings. The van der Waals surface area contributed by atoms with E-state index in [4.69, 9.17) is 11.6 Å². The third-order valence-electron chi connectivity index (χ3n) is 7.10. The minimum Gasteiger partial charge on any atom is -0.350 e. The molecule has 1 aliphatic carbocycles. The van der Waals surface area contributed by atoms with E-state index in [9.17, 15) is 9.18 Å². The van der Waals surface area contributed by atoms with Crippen LogP contribution in [-0.4, -0.2) is 68.1 Å². The molecule has 3 aromatic heterocycles. The molecule has 0 radical (unpaired) electrons. The van der Waals surface area contributed by atoms with E-state index >= 15 is 0 Å². The summed E-state index contributed by atoms with van der Waals surface area (Å²) in [4.78, 5) is 28.6. The van der Waals surface area contributed by atoms with Crippen LogP contribution in [0.15, 0.2) is 30.9 Å². The SMILES string of the molecule is C[C@@H]1CN(C2(CNC(=O)c3cn(-c4ncc(F)cn4)c4nccc(Cl)c34)CCCCC2)CCN1. The predicted octanol–water partition coefficient (Wildman–Crippen LogP) is 3.33. The predicted molar refractivity (Wildman–Crippen MR) is 129 cm³/mol. The molecule has 0 aromatic carbocycles. The second-order valence-corrected chi connectivity index (χ2v) is 9.78. The van der Waals surface area contributed by atoms with Gasteiger partial charge < -0.3 is 10.6 Å². The molecular weight excluding hydrogens is 457 g/mol. The van der Waals surface area contributed by atoms with Crippen LogP contribution in [0.1, 0.15) is 49.4 Å². The zero-order valence-corrected chi connectivity index (χ0v) is 20.0.